The maximum absolute atomic E-state index is 14.2. The van der Waals surface area contributed by atoms with Crippen LogP contribution in [0.15, 0.2) is 30.3 Å². The Morgan fingerprint density at radius 1 is 1.00 bits per heavy atom. The van der Waals surface area contributed by atoms with Crippen LogP contribution in [-0.4, -0.2) is 10.7 Å². The SMILES string of the molecule is OC1(C(F)(F)c2ccccc2)CCCCC1. The van der Waals surface area contributed by atoms with Gasteiger partial charge in [0.25, 0.3) is 0 Å². The van der Waals surface area contributed by atoms with E-state index in [1.807, 2.05) is 0 Å². The van der Waals surface area contributed by atoms with Crippen molar-refractivity contribution in [3.8, 4) is 0 Å². The Bertz CT molecular complexity index is 342. The highest BCUT2D eigenvalue weighted by molar-refractivity contribution is 5.23. The quantitative estimate of drug-likeness (QED) is 0.818. The molecule has 1 aromatic rings. The second-order valence-corrected chi connectivity index (χ2v) is 4.53. The van der Waals surface area contributed by atoms with E-state index in [-0.39, 0.29) is 18.4 Å². The van der Waals surface area contributed by atoms with Gasteiger partial charge in [-0.05, 0) is 12.8 Å². The summed E-state index contributed by atoms with van der Waals surface area (Å²) in [4.78, 5) is 0. The van der Waals surface area contributed by atoms with E-state index >= 15 is 0 Å². The smallest absolute Gasteiger partial charge is 0.301 e. The zero-order chi connectivity index (χ0) is 11.6. The Labute approximate surface area is 94.1 Å². The summed E-state index contributed by atoms with van der Waals surface area (Å²) in [6, 6.07) is 7.62. The van der Waals surface area contributed by atoms with E-state index in [9.17, 15) is 13.9 Å². The number of hydrogen-bond acceptors (Lipinski definition) is 1. The molecule has 1 nitrogen and oxygen atoms in total. The molecule has 1 aromatic carbocycles. The number of hydrogen-bond donors (Lipinski definition) is 1. The summed E-state index contributed by atoms with van der Waals surface area (Å²) in [6.45, 7) is 0. The van der Waals surface area contributed by atoms with Crippen molar-refractivity contribution in [1.82, 2.24) is 0 Å². The molecule has 0 spiro atoms. The molecule has 88 valence electrons. The lowest BCUT2D eigenvalue weighted by Crippen LogP contribution is -2.47. The van der Waals surface area contributed by atoms with Gasteiger partial charge in [-0.15, -0.1) is 0 Å². The normalized spacial score (nSPS) is 20.7. The number of rotatable bonds is 2. The van der Waals surface area contributed by atoms with Gasteiger partial charge in [-0.3, -0.25) is 0 Å². The molecule has 0 saturated heterocycles. The van der Waals surface area contributed by atoms with E-state index in [4.69, 9.17) is 0 Å². The lowest BCUT2D eigenvalue weighted by Gasteiger charge is -2.38. The zero-order valence-corrected chi connectivity index (χ0v) is 9.13. The van der Waals surface area contributed by atoms with Gasteiger partial charge in [0.1, 0.15) is 5.60 Å². The van der Waals surface area contributed by atoms with Crippen LogP contribution in [0.2, 0.25) is 0 Å². The topological polar surface area (TPSA) is 20.2 Å². The summed E-state index contributed by atoms with van der Waals surface area (Å²) in [7, 11) is 0. The molecule has 1 N–H and O–H groups in total. The van der Waals surface area contributed by atoms with Crippen LogP contribution in [0.3, 0.4) is 0 Å². The van der Waals surface area contributed by atoms with Crippen LogP contribution in [0.4, 0.5) is 8.78 Å². The van der Waals surface area contributed by atoms with Crippen LogP contribution >= 0.6 is 0 Å². The maximum Gasteiger partial charge on any atom is 0.301 e. The van der Waals surface area contributed by atoms with Gasteiger partial charge in [0.05, 0.1) is 0 Å². The van der Waals surface area contributed by atoms with Crippen molar-refractivity contribution in [3.05, 3.63) is 35.9 Å². The van der Waals surface area contributed by atoms with Crippen LogP contribution in [0.25, 0.3) is 0 Å². The Balaban J connectivity index is 2.30. The number of aliphatic hydroxyl groups is 1. The van der Waals surface area contributed by atoms with Gasteiger partial charge in [-0.1, -0.05) is 49.6 Å². The van der Waals surface area contributed by atoms with Crippen molar-refractivity contribution in [1.29, 1.82) is 0 Å². The Morgan fingerprint density at radius 2 is 1.56 bits per heavy atom. The van der Waals surface area contributed by atoms with E-state index in [0.717, 1.165) is 6.42 Å². The predicted molar refractivity (Wildman–Crippen MR) is 58.4 cm³/mol. The fourth-order valence-electron chi connectivity index (χ4n) is 2.37. The van der Waals surface area contributed by atoms with Crippen LogP contribution in [0, 0.1) is 0 Å². The van der Waals surface area contributed by atoms with Crippen LogP contribution < -0.4 is 0 Å². The Morgan fingerprint density at radius 3 is 2.12 bits per heavy atom. The third-order valence-corrected chi connectivity index (χ3v) is 3.40. The molecule has 0 unspecified atom stereocenters. The highest BCUT2D eigenvalue weighted by atomic mass is 19.3. The third kappa shape index (κ3) is 1.84. The lowest BCUT2D eigenvalue weighted by atomic mass is 9.78. The van der Waals surface area contributed by atoms with Crippen molar-refractivity contribution >= 4 is 0 Å². The molecule has 1 aliphatic carbocycles. The Hall–Kier alpha value is -0.960. The molecular formula is C13H16F2O. The Kier molecular flexibility index (Phi) is 2.98. The van der Waals surface area contributed by atoms with Gasteiger partial charge < -0.3 is 5.11 Å². The van der Waals surface area contributed by atoms with E-state index in [1.165, 1.54) is 12.1 Å². The monoisotopic (exact) mass is 226 g/mol. The molecule has 3 heteroatoms. The first-order valence-corrected chi connectivity index (χ1v) is 5.72. The van der Waals surface area contributed by atoms with Crippen molar-refractivity contribution in [2.24, 2.45) is 0 Å². The van der Waals surface area contributed by atoms with Crippen LogP contribution in [0.1, 0.15) is 37.7 Å². The summed E-state index contributed by atoms with van der Waals surface area (Å²) in [5, 5.41) is 10.1. The number of benzene rings is 1. The first kappa shape index (κ1) is 11.5. The molecule has 0 bridgehead atoms. The van der Waals surface area contributed by atoms with Gasteiger partial charge in [0.15, 0.2) is 0 Å². The van der Waals surface area contributed by atoms with Crippen LogP contribution in [0.5, 0.6) is 0 Å². The summed E-state index contributed by atoms with van der Waals surface area (Å²) >= 11 is 0. The minimum Gasteiger partial charge on any atom is -0.383 e. The molecule has 0 amide bonds. The van der Waals surface area contributed by atoms with E-state index in [2.05, 4.69) is 0 Å². The molecule has 1 aliphatic rings. The minimum absolute atomic E-state index is 0.0839. The second-order valence-electron chi connectivity index (χ2n) is 4.53. The minimum atomic E-state index is -3.14. The number of alkyl halides is 2. The zero-order valence-electron chi connectivity index (χ0n) is 9.13. The van der Waals surface area contributed by atoms with Gasteiger partial charge in [0.2, 0.25) is 0 Å². The molecule has 2 rings (SSSR count). The lowest BCUT2D eigenvalue weighted by molar-refractivity contribution is -0.202. The van der Waals surface area contributed by atoms with Crippen molar-refractivity contribution in [3.63, 3.8) is 0 Å². The first-order valence-electron chi connectivity index (χ1n) is 5.72. The van der Waals surface area contributed by atoms with Crippen LogP contribution in [-0.2, 0) is 5.92 Å². The van der Waals surface area contributed by atoms with Crippen molar-refractivity contribution in [2.75, 3.05) is 0 Å². The largest absolute Gasteiger partial charge is 0.383 e. The second kappa shape index (κ2) is 4.13. The summed E-state index contributed by atoms with van der Waals surface area (Å²) in [5.74, 6) is -3.14. The molecule has 0 aliphatic heterocycles. The molecule has 1 saturated carbocycles. The average Bonchev–Trinajstić information content (AvgIpc) is 2.31. The number of halogens is 2. The highest BCUT2D eigenvalue weighted by Gasteiger charge is 2.53. The van der Waals surface area contributed by atoms with Gasteiger partial charge in [-0.25, -0.2) is 0 Å². The third-order valence-electron chi connectivity index (χ3n) is 3.40. The molecule has 0 heterocycles. The average molecular weight is 226 g/mol. The molecule has 1 fully saturated rings. The van der Waals surface area contributed by atoms with Crippen molar-refractivity contribution in [2.45, 2.75) is 43.6 Å². The standard InChI is InChI=1S/C13H16F2O/c14-13(15,11-7-3-1-4-8-11)12(16)9-5-2-6-10-12/h1,3-4,7-8,16H,2,5-6,9-10H2. The predicted octanol–water partition coefficient (Wildman–Crippen LogP) is 3.47. The fourth-order valence-corrected chi connectivity index (χ4v) is 2.37. The van der Waals surface area contributed by atoms with Gasteiger partial charge >= 0.3 is 5.92 Å². The maximum atomic E-state index is 14.2. The highest BCUT2D eigenvalue weighted by Crippen LogP contribution is 2.46. The summed E-state index contributed by atoms with van der Waals surface area (Å²) in [5.41, 5.74) is -1.94. The molecule has 0 aromatic heterocycles. The van der Waals surface area contributed by atoms with E-state index in [0.29, 0.717) is 12.8 Å². The molecule has 0 radical (unpaired) electrons. The fraction of sp³-hybridized carbons (Fsp3) is 0.538. The molecule has 16 heavy (non-hydrogen) atoms. The van der Waals surface area contributed by atoms with Crippen molar-refractivity contribution < 1.29 is 13.9 Å². The first-order chi connectivity index (χ1) is 7.56. The van der Waals surface area contributed by atoms with Gasteiger partial charge in [-0.2, -0.15) is 8.78 Å². The van der Waals surface area contributed by atoms with E-state index < -0.39 is 11.5 Å². The van der Waals surface area contributed by atoms with E-state index in [1.54, 1.807) is 18.2 Å². The summed E-state index contributed by atoms with van der Waals surface area (Å²) in [6.07, 6.45) is 2.68. The van der Waals surface area contributed by atoms with Gasteiger partial charge in [0, 0.05) is 5.56 Å². The molecule has 0 atom stereocenters. The summed E-state index contributed by atoms with van der Waals surface area (Å²) < 4.78 is 28.4. The molecular weight excluding hydrogens is 210 g/mol.